The standard InChI is InChI=1S/C14H24N4OS/c1-4-18-6-5-17(8-10(18)2)9-12-7-13(14(19)16-15)20-11(12)3/h7,10H,4-6,8-9,15H2,1-3H3,(H,16,19). The second-order valence-corrected chi connectivity index (χ2v) is 6.63. The van der Waals surface area contributed by atoms with Crippen LogP contribution in [0.5, 0.6) is 0 Å². The van der Waals surface area contributed by atoms with E-state index in [4.69, 9.17) is 5.84 Å². The molecule has 0 bridgehead atoms. The first-order chi connectivity index (χ1) is 9.55. The molecule has 0 saturated carbocycles. The molecule has 1 aromatic heterocycles. The van der Waals surface area contributed by atoms with Gasteiger partial charge in [0.15, 0.2) is 0 Å². The van der Waals surface area contributed by atoms with Crippen molar-refractivity contribution in [3.05, 3.63) is 21.4 Å². The Morgan fingerprint density at radius 1 is 1.55 bits per heavy atom. The first kappa shape index (κ1) is 15.4. The summed E-state index contributed by atoms with van der Waals surface area (Å²) in [5, 5.41) is 0. The van der Waals surface area contributed by atoms with E-state index in [1.807, 2.05) is 6.07 Å². The van der Waals surface area contributed by atoms with Crippen LogP contribution in [0.15, 0.2) is 6.07 Å². The third-order valence-electron chi connectivity index (χ3n) is 4.02. The number of hydrogen-bond donors (Lipinski definition) is 2. The normalized spacial score (nSPS) is 21.1. The minimum atomic E-state index is -0.200. The molecule has 1 aliphatic heterocycles. The van der Waals surface area contributed by atoms with Gasteiger partial charge in [0.2, 0.25) is 0 Å². The third kappa shape index (κ3) is 3.38. The van der Waals surface area contributed by atoms with E-state index in [0.717, 1.165) is 32.7 Å². The third-order valence-corrected chi connectivity index (χ3v) is 5.12. The van der Waals surface area contributed by atoms with Crippen molar-refractivity contribution in [3.63, 3.8) is 0 Å². The van der Waals surface area contributed by atoms with E-state index in [1.54, 1.807) is 0 Å². The molecule has 1 atom stereocenters. The van der Waals surface area contributed by atoms with Crippen LogP contribution in [0.2, 0.25) is 0 Å². The van der Waals surface area contributed by atoms with Crippen molar-refractivity contribution in [3.8, 4) is 0 Å². The van der Waals surface area contributed by atoms with Crippen LogP contribution in [-0.2, 0) is 6.54 Å². The van der Waals surface area contributed by atoms with Gasteiger partial charge >= 0.3 is 0 Å². The molecule has 0 aliphatic carbocycles. The van der Waals surface area contributed by atoms with Crippen molar-refractivity contribution in [1.82, 2.24) is 15.2 Å². The Morgan fingerprint density at radius 2 is 2.30 bits per heavy atom. The quantitative estimate of drug-likeness (QED) is 0.498. The highest BCUT2D eigenvalue weighted by atomic mass is 32.1. The summed E-state index contributed by atoms with van der Waals surface area (Å²) in [6.45, 7) is 11.9. The number of carbonyl (C=O) groups excluding carboxylic acids is 1. The number of thiophene rings is 1. The summed E-state index contributed by atoms with van der Waals surface area (Å²) in [5.74, 6) is 4.99. The minimum Gasteiger partial charge on any atom is -0.298 e. The minimum absolute atomic E-state index is 0.200. The van der Waals surface area contributed by atoms with E-state index in [9.17, 15) is 4.79 Å². The highest BCUT2D eigenvalue weighted by Gasteiger charge is 2.23. The number of nitrogens with two attached hydrogens (primary N) is 1. The topological polar surface area (TPSA) is 61.6 Å². The molecule has 3 N–H and O–H groups in total. The summed E-state index contributed by atoms with van der Waals surface area (Å²) in [6, 6.07) is 2.57. The fourth-order valence-electron chi connectivity index (χ4n) is 2.78. The maximum Gasteiger partial charge on any atom is 0.275 e. The van der Waals surface area contributed by atoms with Gasteiger partial charge in [-0.3, -0.25) is 20.0 Å². The van der Waals surface area contributed by atoms with Gasteiger partial charge in [0.05, 0.1) is 4.88 Å². The fraction of sp³-hybridized carbons (Fsp3) is 0.643. The largest absolute Gasteiger partial charge is 0.298 e. The molecular formula is C14H24N4OS. The summed E-state index contributed by atoms with van der Waals surface area (Å²) < 4.78 is 0. The highest BCUT2D eigenvalue weighted by molar-refractivity contribution is 7.14. The van der Waals surface area contributed by atoms with Gasteiger partial charge in [-0.1, -0.05) is 6.92 Å². The van der Waals surface area contributed by atoms with E-state index in [-0.39, 0.29) is 5.91 Å². The Labute approximate surface area is 124 Å². The molecule has 112 valence electrons. The Bertz CT molecular complexity index is 474. The molecule has 1 amide bonds. The zero-order valence-corrected chi connectivity index (χ0v) is 13.3. The van der Waals surface area contributed by atoms with E-state index in [2.05, 4.69) is 36.0 Å². The van der Waals surface area contributed by atoms with Crippen molar-refractivity contribution in [2.24, 2.45) is 5.84 Å². The van der Waals surface area contributed by atoms with Gasteiger partial charge in [0.1, 0.15) is 0 Å². The van der Waals surface area contributed by atoms with Gasteiger partial charge in [0, 0.05) is 37.1 Å². The molecule has 1 unspecified atom stereocenters. The summed E-state index contributed by atoms with van der Waals surface area (Å²) in [4.78, 5) is 18.4. The van der Waals surface area contributed by atoms with Crippen LogP contribution < -0.4 is 11.3 Å². The molecule has 0 radical (unpaired) electrons. The molecule has 6 heteroatoms. The van der Waals surface area contributed by atoms with Crippen LogP contribution in [-0.4, -0.2) is 47.9 Å². The summed E-state index contributed by atoms with van der Waals surface area (Å²) in [6.07, 6.45) is 0. The van der Waals surface area contributed by atoms with Crippen molar-refractivity contribution in [1.29, 1.82) is 0 Å². The van der Waals surface area contributed by atoms with Crippen molar-refractivity contribution in [2.45, 2.75) is 33.4 Å². The van der Waals surface area contributed by atoms with Crippen LogP contribution in [0, 0.1) is 6.92 Å². The van der Waals surface area contributed by atoms with Crippen LogP contribution in [0.4, 0.5) is 0 Å². The lowest BCUT2D eigenvalue weighted by molar-refractivity contribution is 0.0833. The average Bonchev–Trinajstić information content (AvgIpc) is 2.79. The molecule has 1 fully saturated rings. The second-order valence-electron chi connectivity index (χ2n) is 5.38. The number of aryl methyl sites for hydroxylation is 1. The number of piperazine rings is 1. The number of rotatable bonds is 4. The maximum atomic E-state index is 11.6. The van der Waals surface area contributed by atoms with Crippen molar-refractivity contribution in [2.75, 3.05) is 26.2 Å². The molecule has 1 saturated heterocycles. The molecule has 5 nitrogen and oxygen atoms in total. The van der Waals surface area contributed by atoms with E-state index >= 15 is 0 Å². The maximum absolute atomic E-state index is 11.6. The van der Waals surface area contributed by atoms with E-state index in [1.165, 1.54) is 21.8 Å². The zero-order valence-electron chi connectivity index (χ0n) is 12.5. The van der Waals surface area contributed by atoms with Gasteiger partial charge in [-0.05, 0) is 32.0 Å². The molecule has 1 aliphatic rings. The van der Waals surface area contributed by atoms with Gasteiger partial charge < -0.3 is 0 Å². The zero-order chi connectivity index (χ0) is 14.7. The number of nitrogens with zero attached hydrogens (tertiary/aromatic N) is 2. The number of likely N-dealkylation sites (N-methyl/N-ethyl adjacent to an activating group) is 1. The van der Waals surface area contributed by atoms with Crippen molar-refractivity contribution < 1.29 is 4.79 Å². The Morgan fingerprint density at radius 3 is 2.90 bits per heavy atom. The van der Waals surface area contributed by atoms with E-state index in [0.29, 0.717) is 10.9 Å². The first-order valence-electron chi connectivity index (χ1n) is 7.11. The molecule has 0 spiro atoms. The van der Waals surface area contributed by atoms with Gasteiger partial charge in [0.25, 0.3) is 5.91 Å². The van der Waals surface area contributed by atoms with Gasteiger partial charge in [-0.2, -0.15) is 0 Å². The molecule has 2 rings (SSSR count). The summed E-state index contributed by atoms with van der Waals surface area (Å²) in [7, 11) is 0. The van der Waals surface area contributed by atoms with Crippen LogP contribution >= 0.6 is 11.3 Å². The van der Waals surface area contributed by atoms with Crippen molar-refractivity contribution >= 4 is 17.2 Å². The summed E-state index contributed by atoms with van der Waals surface area (Å²) in [5.41, 5.74) is 3.44. The van der Waals surface area contributed by atoms with Crippen LogP contribution in [0.25, 0.3) is 0 Å². The Hall–Kier alpha value is -0.950. The fourth-order valence-corrected chi connectivity index (χ4v) is 3.72. The smallest absolute Gasteiger partial charge is 0.275 e. The summed E-state index contributed by atoms with van der Waals surface area (Å²) >= 11 is 1.51. The lowest BCUT2D eigenvalue weighted by Gasteiger charge is -2.39. The molecule has 0 aromatic carbocycles. The Kier molecular flexibility index (Phi) is 5.15. The predicted molar refractivity (Wildman–Crippen MR) is 82.7 cm³/mol. The van der Waals surface area contributed by atoms with Gasteiger partial charge in [-0.25, -0.2) is 5.84 Å². The number of carbonyl (C=O) groups is 1. The van der Waals surface area contributed by atoms with E-state index < -0.39 is 0 Å². The molecular weight excluding hydrogens is 272 g/mol. The molecule has 1 aromatic rings. The predicted octanol–water partition coefficient (Wildman–Crippen LogP) is 1.19. The second kappa shape index (κ2) is 6.67. The number of nitrogen functional groups attached to an aromatic ring is 1. The Balaban J connectivity index is 2.00. The van der Waals surface area contributed by atoms with Crippen LogP contribution in [0.3, 0.4) is 0 Å². The number of hydrogen-bond acceptors (Lipinski definition) is 5. The number of nitrogens with one attached hydrogen (secondary N) is 1. The lowest BCUT2D eigenvalue weighted by Crippen LogP contribution is -2.51. The van der Waals surface area contributed by atoms with Gasteiger partial charge in [-0.15, -0.1) is 11.3 Å². The van der Waals surface area contributed by atoms with Crippen LogP contribution in [0.1, 0.15) is 34.0 Å². The monoisotopic (exact) mass is 296 g/mol. The average molecular weight is 296 g/mol. The molecule has 20 heavy (non-hydrogen) atoms. The highest BCUT2D eigenvalue weighted by Crippen LogP contribution is 2.23. The number of hydrazine groups is 1. The number of amides is 1. The lowest BCUT2D eigenvalue weighted by atomic mass is 10.1. The SMILES string of the molecule is CCN1CCN(Cc2cc(C(=O)NN)sc2C)CC1C. The first-order valence-corrected chi connectivity index (χ1v) is 7.93. The molecule has 2 heterocycles.